The predicted molar refractivity (Wildman–Crippen MR) is 110 cm³/mol. The second kappa shape index (κ2) is 7.76. The molecule has 5 heteroatoms. The highest BCUT2D eigenvalue weighted by Gasteiger charge is 2.32. The summed E-state index contributed by atoms with van der Waals surface area (Å²) >= 11 is 6.32. The topological polar surface area (TPSA) is 49.8 Å². The lowest BCUT2D eigenvalue weighted by molar-refractivity contribution is -0.147. The molecular formula is C23H26ClNO3. The van der Waals surface area contributed by atoms with Gasteiger partial charge in [0.05, 0.1) is 5.92 Å². The lowest BCUT2D eigenvalue weighted by Gasteiger charge is -2.36. The maximum absolute atomic E-state index is 11.0. The van der Waals surface area contributed by atoms with Crippen molar-refractivity contribution in [2.45, 2.75) is 45.8 Å². The van der Waals surface area contributed by atoms with Gasteiger partial charge in [0.15, 0.2) is 0 Å². The van der Waals surface area contributed by atoms with Crippen LogP contribution in [0.4, 0.5) is 0 Å². The average molecular weight is 400 g/mol. The minimum absolute atomic E-state index is 0.218. The van der Waals surface area contributed by atoms with Gasteiger partial charge in [-0.2, -0.15) is 0 Å². The van der Waals surface area contributed by atoms with Crippen LogP contribution in [0.1, 0.15) is 46.6 Å². The Morgan fingerprint density at radius 2 is 1.82 bits per heavy atom. The van der Waals surface area contributed by atoms with Crippen LogP contribution in [-0.2, 0) is 17.9 Å². The normalized spacial score (nSPS) is 17.4. The molecule has 1 heterocycles. The highest BCUT2D eigenvalue weighted by molar-refractivity contribution is 6.31. The summed E-state index contributed by atoms with van der Waals surface area (Å²) in [5.41, 5.74) is 5.83. The quantitative estimate of drug-likeness (QED) is 0.717. The highest BCUT2D eigenvalue weighted by Crippen LogP contribution is 2.43. The molecule has 0 radical (unpaired) electrons. The molecule has 0 aromatic heterocycles. The Morgan fingerprint density at radius 1 is 1.14 bits per heavy atom. The Kier molecular flexibility index (Phi) is 5.35. The Labute approximate surface area is 171 Å². The van der Waals surface area contributed by atoms with Gasteiger partial charge in [-0.05, 0) is 66.5 Å². The number of aliphatic carboxylic acids is 1. The minimum atomic E-state index is -0.695. The molecule has 1 N–H and O–H groups in total. The molecule has 2 aromatic rings. The zero-order chi connectivity index (χ0) is 19.8. The Hall–Kier alpha value is -2.04. The standard InChI is InChI=1S/C23H26ClNO3/c1-14-7-17(10-25-11-19(12-25)23(26)27)8-15(2)22(14)28-13-16-3-6-21(24)20(9-16)18-4-5-18/h3,6-9,18-19H,4-5,10-13H2,1-2H3,(H,26,27). The first-order valence-corrected chi connectivity index (χ1v) is 10.2. The summed E-state index contributed by atoms with van der Waals surface area (Å²) in [5.74, 6) is 0.639. The molecule has 2 aromatic carbocycles. The first-order valence-electron chi connectivity index (χ1n) is 9.87. The molecule has 0 unspecified atom stereocenters. The van der Waals surface area contributed by atoms with Crippen molar-refractivity contribution in [2.24, 2.45) is 5.92 Å². The first kappa shape index (κ1) is 19.3. The molecule has 1 aliphatic carbocycles. The van der Waals surface area contributed by atoms with E-state index in [1.807, 2.05) is 12.1 Å². The van der Waals surface area contributed by atoms with Crippen LogP contribution in [0.25, 0.3) is 0 Å². The summed E-state index contributed by atoms with van der Waals surface area (Å²) in [4.78, 5) is 13.1. The van der Waals surface area contributed by atoms with E-state index in [9.17, 15) is 4.79 Å². The third-order valence-electron chi connectivity index (χ3n) is 5.69. The maximum atomic E-state index is 11.0. The monoisotopic (exact) mass is 399 g/mol. The number of benzene rings is 2. The number of rotatable bonds is 7. The minimum Gasteiger partial charge on any atom is -0.488 e. The number of halogens is 1. The van der Waals surface area contributed by atoms with E-state index in [1.54, 1.807) is 0 Å². The van der Waals surface area contributed by atoms with Crippen LogP contribution < -0.4 is 4.74 Å². The number of carboxylic acid groups (broad SMARTS) is 1. The van der Waals surface area contributed by atoms with Crippen molar-refractivity contribution in [3.63, 3.8) is 0 Å². The average Bonchev–Trinajstić information content (AvgIpc) is 3.43. The first-order chi connectivity index (χ1) is 13.4. The van der Waals surface area contributed by atoms with Gasteiger partial charge in [-0.15, -0.1) is 0 Å². The van der Waals surface area contributed by atoms with Crippen molar-refractivity contribution in [1.29, 1.82) is 0 Å². The molecule has 0 bridgehead atoms. The van der Waals surface area contributed by atoms with Crippen LogP contribution in [0.3, 0.4) is 0 Å². The SMILES string of the molecule is Cc1cc(CN2CC(C(=O)O)C2)cc(C)c1OCc1ccc(Cl)c(C2CC2)c1. The Morgan fingerprint density at radius 3 is 2.43 bits per heavy atom. The second-order valence-electron chi connectivity index (χ2n) is 8.21. The number of carbonyl (C=O) groups is 1. The summed E-state index contributed by atoms with van der Waals surface area (Å²) in [6.07, 6.45) is 2.46. The third kappa shape index (κ3) is 4.18. The number of nitrogens with zero attached hydrogens (tertiary/aromatic N) is 1. The van der Waals surface area contributed by atoms with Crippen molar-refractivity contribution in [3.8, 4) is 5.75 Å². The van der Waals surface area contributed by atoms with Crippen LogP contribution in [-0.4, -0.2) is 29.1 Å². The molecule has 4 nitrogen and oxygen atoms in total. The smallest absolute Gasteiger partial charge is 0.309 e. The van der Waals surface area contributed by atoms with Gasteiger partial charge in [0.25, 0.3) is 0 Å². The Balaban J connectivity index is 1.40. The summed E-state index contributed by atoms with van der Waals surface area (Å²) in [6, 6.07) is 10.5. The van der Waals surface area contributed by atoms with Gasteiger partial charge < -0.3 is 9.84 Å². The summed E-state index contributed by atoms with van der Waals surface area (Å²) in [5, 5.41) is 9.87. The molecular weight excluding hydrogens is 374 g/mol. The van der Waals surface area contributed by atoms with Gasteiger partial charge >= 0.3 is 5.97 Å². The number of hydrogen-bond donors (Lipinski definition) is 1. The van der Waals surface area contributed by atoms with Gasteiger partial charge in [0.1, 0.15) is 12.4 Å². The van der Waals surface area contributed by atoms with E-state index < -0.39 is 5.97 Å². The van der Waals surface area contributed by atoms with Gasteiger partial charge in [0.2, 0.25) is 0 Å². The van der Waals surface area contributed by atoms with Gasteiger partial charge in [-0.1, -0.05) is 35.9 Å². The van der Waals surface area contributed by atoms with E-state index in [0.717, 1.165) is 34.0 Å². The van der Waals surface area contributed by atoms with E-state index in [4.69, 9.17) is 21.4 Å². The number of aryl methyl sites for hydroxylation is 2. The number of carboxylic acids is 1. The van der Waals surface area contributed by atoms with Gasteiger partial charge in [-0.25, -0.2) is 0 Å². The molecule has 1 saturated carbocycles. The predicted octanol–water partition coefficient (Wildman–Crippen LogP) is 4.93. The van der Waals surface area contributed by atoms with E-state index >= 15 is 0 Å². The molecule has 0 atom stereocenters. The van der Waals surface area contributed by atoms with Crippen molar-refractivity contribution in [1.82, 2.24) is 4.90 Å². The lowest BCUT2D eigenvalue weighted by Crippen LogP contribution is -2.49. The van der Waals surface area contributed by atoms with Crippen molar-refractivity contribution < 1.29 is 14.6 Å². The fourth-order valence-electron chi connectivity index (χ4n) is 4.02. The highest BCUT2D eigenvalue weighted by atomic mass is 35.5. The Bertz CT molecular complexity index is 878. The van der Waals surface area contributed by atoms with E-state index in [1.165, 1.54) is 24.0 Å². The van der Waals surface area contributed by atoms with Crippen molar-refractivity contribution in [3.05, 3.63) is 63.2 Å². The molecule has 28 heavy (non-hydrogen) atoms. The third-order valence-corrected chi connectivity index (χ3v) is 6.04. The van der Waals surface area contributed by atoms with Crippen LogP contribution in [0, 0.1) is 19.8 Å². The van der Waals surface area contributed by atoms with Gasteiger partial charge in [0, 0.05) is 24.7 Å². The van der Waals surface area contributed by atoms with Gasteiger partial charge in [-0.3, -0.25) is 9.69 Å². The molecule has 0 spiro atoms. The zero-order valence-corrected chi connectivity index (χ0v) is 17.1. The molecule has 1 aliphatic heterocycles. The number of ether oxygens (including phenoxy) is 1. The summed E-state index contributed by atoms with van der Waals surface area (Å²) < 4.78 is 6.16. The van der Waals surface area contributed by atoms with E-state index in [-0.39, 0.29) is 5.92 Å². The van der Waals surface area contributed by atoms with Crippen LogP contribution >= 0.6 is 11.6 Å². The molecule has 0 amide bonds. The summed E-state index contributed by atoms with van der Waals surface area (Å²) in [7, 11) is 0. The molecule has 4 rings (SSSR count). The van der Waals surface area contributed by atoms with Crippen LogP contribution in [0.5, 0.6) is 5.75 Å². The second-order valence-corrected chi connectivity index (χ2v) is 8.61. The molecule has 148 valence electrons. The zero-order valence-electron chi connectivity index (χ0n) is 16.4. The molecule has 1 saturated heterocycles. The summed E-state index contributed by atoms with van der Waals surface area (Å²) in [6.45, 7) is 6.72. The van der Waals surface area contributed by atoms with Crippen molar-refractivity contribution >= 4 is 17.6 Å². The van der Waals surface area contributed by atoms with E-state index in [0.29, 0.717) is 25.6 Å². The van der Waals surface area contributed by atoms with E-state index in [2.05, 4.69) is 36.9 Å². The van der Waals surface area contributed by atoms with Crippen molar-refractivity contribution in [2.75, 3.05) is 13.1 Å². The van der Waals surface area contributed by atoms with Crippen LogP contribution in [0.2, 0.25) is 5.02 Å². The number of likely N-dealkylation sites (tertiary alicyclic amines) is 1. The molecule has 2 aliphatic rings. The molecule has 2 fully saturated rings. The maximum Gasteiger partial charge on any atom is 0.309 e. The fourth-order valence-corrected chi connectivity index (χ4v) is 4.29. The largest absolute Gasteiger partial charge is 0.488 e. The number of hydrogen-bond acceptors (Lipinski definition) is 3. The lowest BCUT2D eigenvalue weighted by atomic mass is 9.98. The fraction of sp³-hybridized carbons (Fsp3) is 0.435. The van der Waals surface area contributed by atoms with Crippen LogP contribution in [0.15, 0.2) is 30.3 Å².